The lowest BCUT2D eigenvalue weighted by Crippen LogP contribution is -2.35. The highest BCUT2D eigenvalue weighted by atomic mass is 32.1. The highest BCUT2D eigenvalue weighted by molar-refractivity contribution is 7.21. The van der Waals surface area contributed by atoms with Gasteiger partial charge in [0.05, 0.1) is 40.4 Å². The zero-order chi connectivity index (χ0) is 25.9. The van der Waals surface area contributed by atoms with E-state index in [0.717, 1.165) is 38.8 Å². The van der Waals surface area contributed by atoms with Crippen molar-refractivity contribution in [2.75, 3.05) is 37.0 Å². The number of thiazole rings is 1. The maximum Gasteiger partial charge on any atom is 0.224 e. The standard InChI is InChI=1S/C26H36N6O4S/c1-14-20(25-31-21-15(2)27-8-7-19(21)37-25)24(30-18-11-17(12-33)22(34)23(18)35)32-26(29-14)28-9-10-36-13-16-5-3-4-6-16/h7-8,16-18,22-23,33-35H,3-6,9-13H2,1-2H3,(H2,28,29,30,32)/t17-,18?,22-,23+/m1/s1. The van der Waals surface area contributed by atoms with Gasteiger partial charge in [0.15, 0.2) is 0 Å². The first kappa shape index (κ1) is 26.2. The fourth-order valence-electron chi connectivity index (χ4n) is 5.39. The number of aliphatic hydroxyl groups is 3. The molecular formula is C26H36N6O4S. The lowest BCUT2D eigenvalue weighted by Gasteiger charge is -2.21. The highest BCUT2D eigenvalue weighted by Gasteiger charge is 2.41. The van der Waals surface area contributed by atoms with Gasteiger partial charge in [0, 0.05) is 31.9 Å². The van der Waals surface area contributed by atoms with E-state index in [4.69, 9.17) is 19.7 Å². The first-order valence-electron chi connectivity index (χ1n) is 13.1. The highest BCUT2D eigenvalue weighted by Crippen LogP contribution is 2.38. The summed E-state index contributed by atoms with van der Waals surface area (Å²) >= 11 is 1.54. The number of aromatic nitrogens is 4. The number of ether oxygens (including phenoxy) is 1. The zero-order valence-corrected chi connectivity index (χ0v) is 22.2. The molecule has 5 N–H and O–H groups in total. The van der Waals surface area contributed by atoms with Crippen molar-refractivity contribution in [2.24, 2.45) is 11.8 Å². The monoisotopic (exact) mass is 528 g/mol. The summed E-state index contributed by atoms with van der Waals surface area (Å²) in [5.74, 6) is 1.27. The molecule has 0 radical (unpaired) electrons. The molecule has 0 bridgehead atoms. The van der Waals surface area contributed by atoms with Crippen LogP contribution in [0.2, 0.25) is 0 Å². The van der Waals surface area contributed by atoms with Crippen molar-refractivity contribution < 1.29 is 20.1 Å². The molecular weight excluding hydrogens is 492 g/mol. The third-order valence-corrected chi connectivity index (χ3v) is 8.55. The van der Waals surface area contributed by atoms with Gasteiger partial charge < -0.3 is 30.7 Å². The lowest BCUT2D eigenvalue weighted by atomic mass is 10.1. The molecule has 10 nitrogen and oxygen atoms in total. The maximum absolute atomic E-state index is 10.6. The van der Waals surface area contributed by atoms with Crippen LogP contribution in [0.15, 0.2) is 12.3 Å². The third kappa shape index (κ3) is 5.70. The molecule has 3 heterocycles. The Morgan fingerprint density at radius 3 is 2.62 bits per heavy atom. The van der Waals surface area contributed by atoms with Crippen molar-refractivity contribution in [2.45, 2.75) is 64.2 Å². The predicted octanol–water partition coefficient (Wildman–Crippen LogP) is 2.90. The molecule has 2 aliphatic carbocycles. The number of aryl methyl sites for hydroxylation is 2. The van der Waals surface area contributed by atoms with Crippen molar-refractivity contribution in [1.29, 1.82) is 0 Å². The summed E-state index contributed by atoms with van der Waals surface area (Å²) in [5.41, 5.74) is 3.18. The first-order chi connectivity index (χ1) is 17.9. The SMILES string of the molecule is Cc1nc(NCCOCC2CCCC2)nc(NC2C[C@H](CO)[C@@H](O)[C@H]2O)c1-c1nc2c(C)nccc2s1. The van der Waals surface area contributed by atoms with Crippen molar-refractivity contribution in [3.8, 4) is 10.6 Å². The minimum Gasteiger partial charge on any atom is -0.396 e. The van der Waals surface area contributed by atoms with Gasteiger partial charge in [-0.15, -0.1) is 11.3 Å². The van der Waals surface area contributed by atoms with E-state index in [0.29, 0.717) is 37.3 Å². The van der Waals surface area contributed by atoms with Gasteiger partial charge in [-0.3, -0.25) is 4.98 Å². The number of pyridine rings is 1. The summed E-state index contributed by atoms with van der Waals surface area (Å²) in [6.07, 6.45) is 5.29. The third-order valence-electron chi connectivity index (χ3n) is 7.51. The quantitative estimate of drug-likeness (QED) is 0.249. The van der Waals surface area contributed by atoms with E-state index in [9.17, 15) is 15.3 Å². The second-order valence-corrected chi connectivity index (χ2v) is 11.2. The zero-order valence-electron chi connectivity index (χ0n) is 21.4. The molecule has 3 aromatic heterocycles. The number of fused-ring (bicyclic) bond motifs is 1. The average molecular weight is 529 g/mol. The number of rotatable bonds is 10. The normalized spacial score (nSPS) is 24.2. The average Bonchev–Trinajstić information content (AvgIpc) is 3.61. The summed E-state index contributed by atoms with van der Waals surface area (Å²) in [4.78, 5) is 18.7. The van der Waals surface area contributed by atoms with Gasteiger partial charge in [-0.2, -0.15) is 4.98 Å². The number of anilines is 2. The molecule has 2 saturated carbocycles. The Labute approximate surface area is 220 Å². The number of nitrogens with zero attached hydrogens (tertiary/aromatic N) is 4. The molecule has 3 aromatic rings. The Hall–Kier alpha value is -2.44. The number of hydrogen-bond acceptors (Lipinski definition) is 11. The van der Waals surface area contributed by atoms with Gasteiger partial charge >= 0.3 is 0 Å². The second kappa shape index (κ2) is 11.5. The van der Waals surface area contributed by atoms with E-state index >= 15 is 0 Å². The van der Waals surface area contributed by atoms with E-state index in [2.05, 4.69) is 15.6 Å². The molecule has 1 unspecified atom stereocenters. The summed E-state index contributed by atoms with van der Waals surface area (Å²) in [5, 5.41) is 38.0. The van der Waals surface area contributed by atoms with Gasteiger partial charge in [0.2, 0.25) is 5.95 Å². The molecule has 11 heteroatoms. The summed E-state index contributed by atoms with van der Waals surface area (Å²) in [6.45, 7) is 5.60. The molecule has 0 spiro atoms. The maximum atomic E-state index is 10.6. The van der Waals surface area contributed by atoms with Crippen molar-refractivity contribution in [1.82, 2.24) is 19.9 Å². The summed E-state index contributed by atoms with van der Waals surface area (Å²) in [6, 6.07) is 1.47. The van der Waals surface area contributed by atoms with Crippen LogP contribution >= 0.6 is 11.3 Å². The van der Waals surface area contributed by atoms with Crippen LogP contribution in [0.25, 0.3) is 20.8 Å². The van der Waals surface area contributed by atoms with Crippen molar-refractivity contribution >= 4 is 33.3 Å². The van der Waals surface area contributed by atoms with Crippen LogP contribution in [0.5, 0.6) is 0 Å². The van der Waals surface area contributed by atoms with E-state index in [1.54, 1.807) is 6.20 Å². The van der Waals surface area contributed by atoms with Gasteiger partial charge in [-0.1, -0.05) is 12.8 Å². The molecule has 5 rings (SSSR count). The fourth-order valence-corrected chi connectivity index (χ4v) is 6.50. The molecule has 0 aromatic carbocycles. The molecule has 37 heavy (non-hydrogen) atoms. The molecule has 0 aliphatic heterocycles. The smallest absolute Gasteiger partial charge is 0.224 e. The van der Waals surface area contributed by atoms with Gasteiger partial charge in [0.1, 0.15) is 22.4 Å². The minimum atomic E-state index is -1.03. The molecule has 200 valence electrons. The molecule has 0 amide bonds. The summed E-state index contributed by atoms with van der Waals surface area (Å²) in [7, 11) is 0. The van der Waals surface area contributed by atoms with Crippen LogP contribution in [0.4, 0.5) is 11.8 Å². The van der Waals surface area contributed by atoms with Crippen LogP contribution in [0, 0.1) is 25.7 Å². The first-order valence-corrected chi connectivity index (χ1v) is 13.9. The van der Waals surface area contributed by atoms with Crippen molar-refractivity contribution in [3.05, 3.63) is 23.7 Å². The molecule has 2 fully saturated rings. The van der Waals surface area contributed by atoms with Crippen molar-refractivity contribution in [3.63, 3.8) is 0 Å². The van der Waals surface area contributed by atoms with Crippen LogP contribution in [0.3, 0.4) is 0 Å². The fraction of sp³-hybridized carbons (Fsp3) is 0.615. The lowest BCUT2D eigenvalue weighted by molar-refractivity contribution is 0.00446. The number of aliphatic hydroxyl groups excluding tert-OH is 3. The van der Waals surface area contributed by atoms with E-state index in [1.165, 1.54) is 37.0 Å². The van der Waals surface area contributed by atoms with E-state index in [1.807, 2.05) is 19.9 Å². The number of nitrogens with one attached hydrogen (secondary N) is 2. The topological polar surface area (TPSA) is 146 Å². The second-order valence-electron chi connectivity index (χ2n) is 10.2. The minimum absolute atomic E-state index is 0.191. The Balaban J connectivity index is 1.38. The molecule has 2 aliphatic rings. The Kier molecular flexibility index (Phi) is 8.15. The molecule has 0 saturated heterocycles. The van der Waals surface area contributed by atoms with Crippen LogP contribution in [-0.4, -0.2) is 79.9 Å². The van der Waals surface area contributed by atoms with Crippen LogP contribution in [-0.2, 0) is 4.74 Å². The number of hydrogen-bond donors (Lipinski definition) is 5. The van der Waals surface area contributed by atoms with Gasteiger partial charge in [-0.25, -0.2) is 9.97 Å². The van der Waals surface area contributed by atoms with Crippen LogP contribution < -0.4 is 10.6 Å². The van der Waals surface area contributed by atoms with Gasteiger partial charge in [-0.05, 0) is 45.1 Å². The Morgan fingerprint density at radius 1 is 1.08 bits per heavy atom. The van der Waals surface area contributed by atoms with E-state index in [-0.39, 0.29) is 6.61 Å². The Bertz CT molecular complexity index is 1220. The van der Waals surface area contributed by atoms with Crippen LogP contribution in [0.1, 0.15) is 43.5 Å². The van der Waals surface area contributed by atoms with Gasteiger partial charge in [0.25, 0.3) is 0 Å². The predicted molar refractivity (Wildman–Crippen MR) is 144 cm³/mol. The molecule has 4 atom stereocenters. The largest absolute Gasteiger partial charge is 0.396 e. The Morgan fingerprint density at radius 2 is 1.89 bits per heavy atom. The van der Waals surface area contributed by atoms with E-state index < -0.39 is 24.2 Å². The summed E-state index contributed by atoms with van der Waals surface area (Å²) < 4.78 is 6.88.